The Hall–Kier alpha value is -0.530. The van der Waals surface area contributed by atoms with Gasteiger partial charge in [-0.3, -0.25) is 4.79 Å². The molecule has 2 aliphatic rings. The predicted molar refractivity (Wildman–Crippen MR) is 97.1 cm³/mol. The summed E-state index contributed by atoms with van der Waals surface area (Å²) in [6, 6.07) is 0.517. The third kappa shape index (κ3) is 7.33. The van der Waals surface area contributed by atoms with Gasteiger partial charge in [0.2, 0.25) is 5.91 Å². The Morgan fingerprint density at radius 1 is 1.14 bits per heavy atom. The van der Waals surface area contributed by atoms with Gasteiger partial charge < -0.3 is 15.5 Å². The molecule has 0 heterocycles. The smallest absolute Gasteiger partial charge is 0.243 e. The van der Waals surface area contributed by atoms with E-state index in [2.05, 4.69) is 15.6 Å². The van der Waals surface area contributed by atoms with E-state index < -0.39 is 0 Å². The molecule has 2 aliphatic carbocycles. The van der Waals surface area contributed by atoms with Gasteiger partial charge in [-0.25, -0.2) is 4.99 Å². The first-order valence-electron chi connectivity index (χ1n) is 7.90. The van der Waals surface area contributed by atoms with Gasteiger partial charge in [0, 0.05) is 26.7 Å². The Kier molecular flexibility index (Phi) is 8.36. The molecule has 6 heteroatoms. The predicted octanol–water partition coefficient (Wildman–Crippen LogP) is 1.97. The minimum absolute atomic E-state index is 0. The first-order valence-corrected chi connectivity index (χ1v) is 7.90. The van der Waals surface area contributed by atoms with Crippen molar-refractivity contribution in [2.45, 2.75) is 51.0 Å². The summed E-state index contributed by atoms with van der Waals surface area (Å²) in [6.07, 6.45) is 9.01. The summed E-state index contributed by atoms with van der Waals surface area (Å²) in [4.78, 5) is 17.7. The molecule has 1 amide bonds. The van der Waals surface area contributed by atoms with Gasteiger partial charge in [0.15, 0.2) is 5.96 Å². The summed E-state index contributed by atoms with van der Waals surface area (Å²) in [7, 11) is 3.54. The van der Waals surface area contributed by atoms with Crippen LogP contribution in [0.15, 0.2) is 4.99 Å². The Bertz CT molecular complexity index is 350. The van der Waals surface area contributed by atoms with Gasteiger partial charge in [-0.05, 0) is 31.6 Å². The highest BCUT2D eigenvalue weighted by Crippen LogP contribution is 2.27. The second-order valence-electron chi connectivity index (χ2n) is 6.26. The van der Waals surface area contributed by atoms with Crippen LogP contribution in [0.25, 0.3) is 0 Å². The van der Waals surface area contributed by atoms with E-state index in [9.17, 15) is 4.79 Å². The zero-order chi connectivity index (χ0) is 14.4. The van der Waals surface area contributed by atoms with Crippen molar-refractivity contribution in [2.75, 3.05) is 27.2 Å². The van der Waals surface area contributed by atoms with Crippen LogP contribution in [0, 0.1) is 5.92 Å². The van der Waals surface area contributed by atoms with Crippen molar-refractivity contribution in [1.29, 1.82) is 0 Å². The summed E-state index contributed by atoms with van der Waals surface area (Å²) in [5, 5.41) is 6.89. The van der Waals surface area contributed by atoms with E-state index in [0.717, 1.165) is 18.4 Å². The van der Waals surface area contributed by atoms with Crippen LogP contribution in [0.5, 0.6) is 0 Å². The fraction of sp³-hybridized carbons (Fsp3) is 0.867. The lowest BCUT2D eigenvalue weighted by atomic mass is 9.96. The number of amides is 1. The maximum atomic E-state index is 11.7. The average Bonchev–Trinajstić information content (AvgIpc) is 3.26. The Morgan fingerprint density at radius 3 is 2.38 bits per heavy atom. The van der Waals surface area contributed by atoms with Crippen LogP contribution in [-0.4, -0.2) is 50.0 Å². The van der Waals surface area contributed by atoms with E-state index in [1.807, 2.05) is 0 Å². The maximum absolute atomic E-state index is 11.7. The fourth-order valence-corrected chi connectivity index (χ4v) is 2.44. The minimum atomic E-state index is 0. The number of rotatable bonds is 5. The van der Waals surface area contributed by atoms with Crippen LogP contribution >= 0.6 is 24.0 Å². The summed E-state index contributed by atoms with van der Waals surface area (Å²) in [5.41, 5.74) is 0. The Labute approximate surface area is 145 Å². The summed E-state index contributed by atoms with van der Waals surface area (Å²) in [6.45, 7) is 1.20. The van der Waals surface area contributed by atoms with Crippen molar-refractivity contribution >= 4 is 35.8 Å². The van der Waals surface area contributed by atoms with Gasteiger partial charge in [-0.15, -0.1) is 24.0 Å². The number of likely N-dealkylation sites (N-methyl/N-ethyl adjacent to an activating group) is 1. The number of guanidine groups is 1. The van der Waals surface area contributed by atoms with Crippen molar-refractivity contribution in [1.82, 2.24) is 15.5 Å². The lowest BCUT2D eigenvalue weighted by molar-refractivity contribution is -0.127. The number of nitrogens with one attached hydrogen (secondary N) is 2. The summed E-state index contributed by atoms with van der Waals surface area (Å²) < 4.78 is 0. The molecule has 0 aromatic carbocycles. The second-order valence-corrected chi connectivity index (χ2v) is 6.26. The molecular weight excluding hydrogens is 379 g/mol. The van der Waals surface area contributed by atoms with Crippen molar-refractivity contribution in [3.63, 3.8) is 0 Å². The molecule has 2 saturated carbocycles. The SMILES string of the molecule is CN(C)C(=O)CN=C(NCC1CC1)NC1CCCCC1.I. The number of hydrogen-bond donors (Lipinski definition) is 2. The highest BCUT2D eigenvalue weighted by molar-refractivity contribution is 14.0. The zero-order valence-corrected chi connectivity index (χ0v) is 15.6. The number of hydrogen-bond acceptors (Lipinski definition) is 2. The second kappa shape index (κ2) is 9.48. The van der Waals surface area contributed by atoms with Gasteiger partial charge in [-0.2, -0.15) is 0 Å². The lowest BCUT2D eigenvalue weighted by Gasteiger charge is -2.25. The molecule has 21 heavy (non-hydrogen) atoms. The first kappa shape index (κ1) is 18.5. The Morgan fingerprint density at radius 2 is 1.81 bits per heavy atom. The van der Waals surface area contributed by atoms with Crippen LogP contribution < -0.4 is 10.6 Å². The molecule has 0 atom stereocenters. The largest absolute Gasteiger partial charge is 0.356 e. The molecule has 2 fully saturated rings. The molecule has 0 aromatic heterocycles. The average molecular weight is 408 g/mol. The van der Waals surface area contributed by atoms with Gasteiger partial charge in [0.25, 0.3) is 0 Å². The molecule has 5 nitrogen and oxygen atoms in total. The van der Waals surface area contributed by atoms with E-state index in [1.54, 1.807) is 19.0 Å². The number of nitrogens with zero attached hydrogens (tertiary/aromatic N) is 2. The van der Waals surface area contributed by atoms with E-state index >= 15 is 0 Å². The number of halogens is 1. The van der Waals surface area contributed by atoms with Crippen LogP contribution in [-0.2, 0) is 4.79 Å². The highest BCUT2D eigenvalue weighted by atomic mass is 127. The quantitative estimate of drug-likeness (QED) is 0.416. The molecular formula is C15H29IN4O. The van der Waals surface area contributed by atoms with Gasteiger partial charge in [0.1, 0.15) is 6.54 Å². The van der Waals surface area contributed by atoms with Crippen LogP contribution in [0.4, 0.5) is 0 Å². The minimum Gasteiger partial charge on any atom is -0.356 e. The van der Waals surface area contributed by atoms with Gasteiger partial charge in [0.05, 0.1) is 0 Å². The van der Waals surface area contributed by atoms with E-state index in [-0.39, 0.29) is 36.4 Å². The van der Waals surface area contributed by atoms with Crippen LogP contribution in [0.1, 0.15) is 44.9 Å². The van der Waals surface area contributed by atoms with Crippen LogP contribution in [0.3, 0.4) is 0 Å². The van der Waals surface area contributed by atoms with Crippen LogP contribution in [0.2, 0.25) is 0 Å². The van der Waals surface area contributed by atoms with E-state index in [0.29, 0.717) is 6.04 Å². The molecule has 2 rings (SSSR count). The van der Waals surface area contributed by atoms with E-state index in [1.165, 1.54) is 44.9 Å². The molecule has 0 saturated heterocycles. The molecule has 0 aliphatic heterocycles. The molecule has 0 spiro atoms. The standard InChI is InChI=1S/C15H28N4O.HI/c1-19(2)14(20)11-17-15(16-10-12-8-9-12)18-13-6-4-3-5-7-13;/h12-13H,3-11H2,1-2H3,(H2,16,17,18);1H. The molecule has 2 N–H and O–H groups in total. The molecule has 0 bridgehead atoms. The molecule has 0 aromatic rings. The van der Waals surface area contributed by atoms with Crippen molar-refractivity contribution in [3.8, 4) is 0 Å². The van der Waals surface area contributed by atoms with Gasteiger partial charge in [-0.1, -0.05) is 19.3 Å². The van der Waals surface area contributed by atoms with Gasteiger partial charge >= 0.3 is 0 Å². The summed E-state index contributed by atoms with van der Waals surface area (Å²) >= 11 is 0. The topological polar surface area (TPSA) is 56.7 Å². The van der Waals surface area contributed by atoms with Crippen molar-refractivity contribution in [2.24, 2.45) is 10.9 Å². The molecule has 0 radical (unpaired) electrons. The number of carbonyl (C=O) groups excluding carboxylic acids is 1. The van der Waals surface area contributed by atoms with Crippen molar-refractivity contribution in [3.05, 3.63) is 0 Å². The fourth-order valence-electron chi connectivity index (χ4n) is 2.44. The third-order valence-corrected chi connectivity index (χ3v) is 4.07. The summed E-state index contributed by atoms with van der Waals surface area (Å²) in [5.74, 6) is 1.66. The highest BCUT2D eigenvalue weighted by Gasteiger charge is 2.22. The maximum Gasteiger partial charge on any atom is 0.243 e. The zero-order valence-electron chi connectivity index (χ0n) is 13.2. The first-order chi connectivity index (χ1) is 9.65. The third-order valence-electron chi connectivity index (χ3n) is 4.07. The normalized spacial score (nSPS) is 19.6. The number of carbonyl (C=O) groups is 1. The van der Waals surface area contributed by atoms with E-state index in [4.69, 9.17) is 0 Å². The lowest BCUT2D eigenvalue weighted by Crippen LogP contribution is -2.45. The number of aliphatic imine (C=N–C) groups is 1. The Balaban J connectivity index is 0.00000220. The molecule has 122 valence electrons. The molecule has 0 unspecified atom stereocenters. The van der Waals surface area contributed by atoms with Crippen molar-refractivity contribution < 1.29 is 4.79 Å². The monoisotopic (exact) mass is 408 g/mol.